The highest BCUT2D eigenvalue weighted by atomic mass is 16.2. The van der Waals surface area contributed by atoms with E-state index in [0.29, 0.717) is 11.8 Å². The average Bonchev–Trinajstić information content (AvgIpc) is 2.89. The molecule has 2 N–H and O–H groups in total. The third-order valence-corrected chi connectivity index (χ3v) is 3.98. The van der Waals surface area contributed by atoms with E-state index < -0.39 is 0 Å². The Morgan fingerprint density at radius 3 is 2.76 bits per heavy atom. The molecule has 90 valence electrons. The summed E-state index contributed by atoms with van der Waals surface area (Å²) in [5.41, 5.74) is 8.84. The summed E-state index contributed by atoms with van der Waals surface area (Å²) in [7, 11) is 0. The molecule has 1 aliphatic heterocycles. The fourth-order valence-corrected chi connectivity index (χ4v) is 2.83. The number of anilines is 2. The first-order valence-electron chi connectivity index (χ1n) is 6.29. The van der Waals surface area contributed by atoms with E-state index in [9.17, 15) is 4.79 Å². The zero-order chi connectivity index (χ0) is 12.2. The van der Waals surface area contributed by atoms with Gasteiger partial charge in [-0.25, -0.2) is 0 Å². The van der Waals surface area contributed by atoms with Gasteiger partial charge in [0, 0.05) is 23.3 Å². The van der Waals surface area contributed by atoms with Gasteiger partial charge < -0.3 is 10.6 Å². The Labute approximate surface area is 102 Å². The van der Waals surface area contributed by atoms with Crippen molar-refractivity contribution in [1.82, 2.24) is 0 Å². The van der Waals surface area contributed by atoms with Crippen LogP contribution >= 0.6 is 0 Å². The average molecular weight is 230 g/mol. The summed E-state index contributed by atoms with van der Waals surface area (Å²) in [6, 6.07) is 6.13. The van der Waals surface area contributed by atoms with Gasteiger partial charge in [-0.15, -0.1) is 0 Å². The molecule has 1 aliphatic carbocycles. The van der Waals surface area contributed by atoms with Crippen molar-refractivity contribution in [2.45, 2.75) is 32.7 Å². The quantitative estimate of drug-likeness (QED) is 0.752. The fourth-order valence-electron chi connectivity index (χ4n) is 2.83. The first-order valence-corrected chi connectivity index (χ1v) is 6.29. The molecule has 3 atom stereocenters. The van der Waals surface area contributed by atoms with Crippen LogP contribution in [0.1, 0.15) is 25.8 Å². The lowest BCUT2D eigenvalue weighted by atomic mass is 10.1. The van der Waals surface area contributed by atoms with E-state index in [1.54, 1.807) is 0 Å². The summed E-state index contributed by atoms with van der Waals surface area (Å²) in [4.78, 5) is 14.3. The Balaban J connectivity index is 1.94. The van der Waals surface area contributed by atoms with Gasteiger partial charge in [-0.2, -0.15) is 0 Å². The molecular weight excluding hydrogens is 212 g/mol. The molecule has 1 amide bonds. The lowest BCUT2D eigenvalue weighted by molar-refractivity contribution is -0.120. The molecule has 3 nitrogen and oxygen atoms in total. The van der Waals surface area contributed by atoms with Crippen molar-refractivity contribution >= 4 is 17.3 Å². The van der Waals surface area contributed by atoms with E-state index in [-0.39, 0.29) is 12.0 Å². The minimum atomic E-state index is 0.251. The molecule has 1 aromatic rings. The SMILES string of the molecule is CC1CC1C(=O)N1c2ccc(N)cc2CC1C. The third kappa shape index (κ3) is 1.61. The lowest BCUT2D eigenvalue weighted by Gasteiger charge is -2.22. The van der Waals surface area contributed by atoms with Gasteiger partial charge in [-0.1, -0.05) is 6.92 Å². The van der Waals surface area contributed by atoms with Crippen LogP contribution in [0.5, 0.6) is 0 Å². The van der Waals surface area contributed by atoms with Crippen LogP contribution in [-0.4, -0.2) is 11.9 Å². The summed E-state index contributed by atoms with van der Waals surface area (Å²) < 4.78 is 0. The Hall–Kier alpha value is -1.51. The molecule has 1 fully saturated rings. The zero-order valence-corrected chi connectivity index (χ0v) is 10.3. The standard InChI is InChI=1S/C14H18N2O/c1-8-5-12(8)14(17)16-9(2)6-10-7-11(15)3-4-13(10)16/h3-4,7-9,12H,5-6,15H2,1-2H3. The van der Waals surface area contributed by atoms with Crippen molar-refractivity contribution in [3.05, 3.63) is 23.8 Å². The molecule has 0 radical (unpaired) electrons. The minimum Gasteiger partial charge on any atom is -0.399 e. The van der Waals surface area contributed by atoms with Crippen LogP contribution in [0.4, 0.5) is 11.4 Å². The summed E-state index contributed by atoms with van der Waals surface area (Å²) in [5, 5.41) is 0. The normalized spacial score (nSPS) is 30.2. The van der Waals surface area contributed by atoms with Crippen LogP contribution in [-0.2, 0) is 11.2 Å². The number of rotatable bonds is 1. The Morgan fingerprint density at radius 2 is 2.12 bits per heavy atom. The van der Waals surface area contributed by atoms with E-state index in [0.717, 1.165) is 24.2 Å². The highest BCUT2D eigenvalue weighted by Crippen LogP contribution is 2.43. The van der Waals surface area contributed by atoms with E-state index >= 15 is 0 Å². The number of nitrogens with zero attached hydrogens (tertiary/aromatic N) is 1. The second-order valence-electron chi connectivity index (χ2n) is 5.47. The van der Waals surface area contributed by atoms with Crippen LogP contribution in [0.15, 0.2) is 18.2 Å². The van der Waals surface area contributed by atoms with Gasteiger partial charge >= 0.3 is 0 Å². The topological polar surface area (TPSA) is 46.3 Å². The molecule has 0 aromatic heterocycles. The second-order valence-corrected chi connectivity index (χ2v) is 5.47. The predicted molar refractivity (Wildman–Crippen MR) is 68.8 cm³/mol. The maximum Gasteiger partial charge on any atom is 0.230 e. The molecule has 2 aliphatic rings. The Kier molecular flexibility index (Phi) is 2.18. The van der Waals surface area contributed by atoms with Crippen LogP contribution in [0.2, 0.25) is 0 Å². The summed E-state index contributed by atoms with van der Waals surface area (Å²) in [6.07, 6.45) is 1.97. The molecule has 0 saturated heterocycles. The van der Waals surface area contributed by atoms with Gasteiger partial charge in [0.15, 0.2) is 0 Å². The Bertz CT molecular complexity index is 483. The van der Waals surface area contributed by atoms with Crippen LogP contribution in [0.25, 0.3) is 0 Å². The summed E-state index contributed by atoms with van der Waals surface area (Å²) >= 11 is 0. The van der Waals surface area contributed by atoms with Gasteiger partial charge in [0.2, 0.25) is 5.91 Å². The number of nitrogen functional groups attached to an aromatic ring is 1. The molecular formula is C14H18N2O. The van der Waals surface area contributed by atoms with Crippen molar-refractivity contribution < 1.29 is 4.79 Å². The summed E-state index contributed by atoms with van der Waals surface area (Å²) in [5.74, 6) is 1.11. The van der Waals surface area contributed by atoms with Crippen LogP contribution < -0.4 is 10.6 Å². The van der Waals surface area contributed by atoms with E-state index in [1.807, 2.05) is 23.1 Å². The van der Waals surface area contributed by atoms with Crippen molar-refractivity contribution in [3.63, 3.8) is 0 Å². The highest BCUT2D eigenvalue weighted by molar-refractivity contribution is 5.99. The van der Waals surface area contributed by atoms with E-state index in [4.69, 9.17) is 5.73 Å². The molecule has 0 spiro atoms. The number of fused-ring (bicyclic) bond motifs is 1. The van der Waals surface area contributed by atoms with Gasteiger partial charge in [-0.3, -0.25) is 4.79 Å². The van der Waals surface area contributed by atoms with Crippen LogP contribution in [0.3, 0.4) is 0 Å². The maximum atomic E-state index is 12.4. The maximum absolute atomic E-state index is 12.4. The van der Waals surface area contributed by atoms with Crippen molar-refractivity contribution in [2.24, 2.45) is 11.8 Å². The minimum absolute atomic E-state index is 0.251. The highest BCUT2D eigenvalue weighted by Gasteiger charge is 2.44. The van der Waals surface area contributed by atoms with Crippen molar-refractivity contribution in [3.8, 4) is 0 Å². The predicted octanol–water partition coefficient (Wildman–Crippen LogP) is 2.20. The number of carbonyl (C=O) groups excluding carboxylic acids is 1. The van der Waals surface area contributed by atoms with Gasteiger partial charge in [0.05, 0.1) is 0 Å². The number of hydrogen-bond donors (Lipinski definition) is 1. The van der Waals surface area contributed by atoms with Gasteiger partial charge in [-0.05, 0) is 49.4 Å². The van der Waals surface area contributed by atoms with Crippen molar-refractivity contribution in [1.29, 1.82) is 0 Å². The second kappa shape index (κ2) is 3.49. The molecule has 3 heteroatoms. The number of carbonyl (C=O) groups is 1. The number of benzene rings is 1. The molecule has 3 rings (SSSR count). The molecule has 3 unspecified atom stereocenters. The zero-order valence-electron chi connectivity index (χ0n) is 10.3. The smallest absolute Gasteiger partial charge is 0.230 e. The number of hydrogen-bond acceptors (Lipinski definition) is 2. The molecule has 1 aromatic carbocycles. The van der Waals surface area contributed by atoms with Gasteiger partial charge in [0.1, 0.15) is 0 Å². The summed E-state index contributed by atoms with van der Waals surface area (Å²) in [6.45, 7) is 4.26. The first kappa shape index (κ1) is 10.6. The van der Waals surface area contributed by atoms with Crippen molar-refractivity contribution in [2.75, 3.05) is 10.6 Å². The first-order chi connectivity index (χ1) is 8.08. The fraction of sp³-hybridized carbons (Fsp3) is 0.500. The molecule has 0 bridgehead atoms. The largest absolute Gasteiger partial charge is 0.399 e. The molecule has 1 heterocycles. The number of nitrogens with two attached hydrogens (primary N) is 1. The lowest BCUT2D eigenvalue weighted by Crippen LogP contribution is -2.37. The molecule has 17 heavy (non-hydrogen) atoms. The van der Waals surface area contributed by atoms with E-state index in [1.165, 1.54) is 5.56 Å². The monoisotopic (exact) mass is 230 g/mol. The molecule has 1 saturated carbocycles. The number of amides is 1. The van der Waals surface area contributed by atoms with Gasteiger partial charge in [0.25, 0.3) is 0 Å². The third-order valence-electron chi connectivity index (χ3n) is 3.98. The Morgan fingerprint density at radius 1 is 1.41 bits per heavy atom. The van der Waals surface area contributed by atoms with Crippen LogP contribution in [0, 0.1) is 11.8 Å². The van der Waals surface area contributed by atoms with E-state index in [2.05, 4.69) is 13.8 Å².